The summed E-state index contributed by atoms with van der Waals surface area (Å²) in [7, 11) is 0. The third-order valence-electron chi connectivity index (χ3n) is 3.11. The predicted octanol–water partition coefficient (Wildman–Crippen LogP) is 1.68. The average Bonchev–Trinajstić information content (AvgIpc) is 2.26. The second kappa shape index (κ2) is 6.19. The zero-order chi connectivity index (χ0) is 10.4. The SMILES string of the molecule is CCC(NC(=S)NN)C1CCCCC1. The highest BCUT2D eigenvalue weighted by molar-refractivity contribution is 7.80. The lowest BCUT2D eigenvalue weighted by Crippen LogP contribution is -2.47. The summed E-state index contributed by atoms with van der Waals surface area (Å²) in [6.07, 6.45) is 7.91. The number of thiocarbonyl (C=S) groups is 1. The normalized spacial score (nSPS) is 20.1. The van der Waals surface area contributed by atoms with Crippen LogP contribution < -0.4 is 16.6 Å². The quantitative estimate of drug-likeness (QED) is 0.381. The van der Waals surface area contributed by atoms with Crippen LogP contribution in [0.2, 0.25) is 0 Å². The molecule has 82 valence electrons. The lowest BCUT2D eigenvalue weighted by Gasteiger charge is -2.30. The molecule has 0 saturated heterocycles. The van der Waals surface area contributed by atoms with Gasteiger partial charge in [0.2, 0.25) is 0 Å². The van der Waals surface area contributed by atoms with Crippen molar-refractivity contribution in [3.05, 3.63) is 0 Å². The van der Waals surface area contributed by atoms with Gasteiger partial charge in [0, 0.05) is 6.04 Å². The van der Waals surface area contributed by atoms with Gasteiger partial charge in [-0.25, -0.2) is 5.84 Å². The molecule has 1 unspecified atom stereocenters. The third-order valence-corrected chi connectivity index (χ3v) is 3.34. The first kappa shape index (κ1) is 11.7. The van der Waals surface area contributed by atoms with Gasteiger partial charge in [0.25, 0.3) is 0 Å². The van der Waals surface area contributed by atoms with E-state index in [1.54, 1.807) is 0 Å². The van der Waals surface area contributed by atoms with Crippen molar-refractivity contribution in [2.45, 2.75) is 51.5 Å². The molecule has 3 nitrogen and oxygen atoms in total. The summed E-state index contributed by atoms with van der Waals surface area (Å²) in [5.74, 6) is 6.03. The fourth-order valence-electron chi connectivity index (χ4n) is 2.30. The molecule has 1 fully saturated rings. The van der Waals surface area contributed by atoms with Crippen molar-refractivity contribution in [1.82, 2.24) is 10.7 Å². The van der Waals surface area contributed by atoms with E-state index in [0.29, 0.717) is 11.2 Å². The largest absolute Gasteiger partial charge is 0.359 e. The minimum atomic E-state index is 0.499. The van der Waals surface area contributed by atoms with E-state index in [1.807, 2.05) is 0 Å². The van der Waals surface area contributed by atoms with Crippen molar-refractivity contribution >= 4 is 17.3 Å². The van der Waals surface area contributed by atoms with Crippen LogP contribution in [0.25, 0.3) is 0 Å². The number of hydrazine groups is 1. The number of rotatable bonds is 3. The maximum atomic E-state index is 5.25. The third kappa shape index (κ3) is 3.42. The molecule has 4 heteroatoms. The standard InChI is InChI=1S/C10H21N3S/c1-2-9(12-10(14)13-11)8-6-4-3-5-7-8/h8-9H,2-7,11H2,1H3,(H2,12,13,14). The van der Waals surface area contributed by atoms with Gasteiger partial charge >= 0.3 is 0 Å². The molecular formula is C10H21N3S. The van der Waals surface area contributed by atoms with Crippen LogP contribution in [0.15, 0.2) is 0 Å². The van der Waals surface area contributed by atoms with E-state index in [-0.39, 0.29) is 0 Å². The zero-order valence-electron chi connectivity index (χ0n) is 8.88. The summed E-state index contributed by atoms with van der Waals surface area (Å²) in [6.45, 7) is 2.20. The molecule has 0 spiro atoms. The molecule has 4 N–H and O–H groups in total. The van der Waals surface area contributed by atoms with E-state index in [9.17, 15) is 0 Å². The Bertz CT molecular complexity index is 178. The lowest BCUT2D eigenvalue weighted by atomic mass is 9.83. The smallest absolute Gasteiger partial charge is 0.180 e. The van der Waals surface area contributed by atoms with Gasteiger partial charge in [-0.3, -0.25) is 0 Å². The maximum Gasteiger partial charge on any atom is 0.180 e. The van der Waals surface area contributed by atoms with Crippen LogP contribution in [0.3, 0.4) is 0 Å². The predicted molar refractivity (Wildman–Crippen MR) is 63.7 cm³/mol. The van der Waals surface area contributed by atoms with Crippen LogP contribution in [0.1, 0.15) is 45.4 Å². The first-order valence-electron chi connectivity index (χ1n) is 5.55. The summed E-state index contributed by atoms with van der Waals surface area (Å²) < 4.78 is 0. The fourth-order valence-corrected chi connectivity index (χ4v) is 2.45. The molecule has 1 saturated carbocycles. The first-order valence-corrected chi connectivity index (χ1v) is 5.95. The molecule has 0 aliphatic heterocycles. The average molecular weight is 215 g/mol. The molecular weight excluding hydrogens is 194 g/mol. The Morgan fingerprint density at radius 1 is 1.43 bits per heavy atom. The highest BCUT2D eigenvalue weighted by Gasteiger charge is 2.22. The van der Waals surface area contributed by atoms with Crippen LogP contribution in [0, 0.1) is 5.92 Å². The first-order chi connectivity index (χ1) is 6.77. The summed E-state index contributed by atoms with van der Waals surface area (Å²) in [5.41, 5.74) is 2.49. The van der Waals surface area contributed by atoms with Gasteiger partial charge in [-0.2, -0.15) is 0 Å². The highest BCUT2D eigenvalue weighted by atomic mass is 32.1. The van der Waals surface area contributed by atoms with Crippen molar-refractivity contribution < 1.29 is 0 Å². The van der Waals surface area contributed by atoms with Gasteiger partial charge in [0.05, 0.1) is 0 Å². The second-order valence-electron chi connectivity index (χ2n) is 4.03. The van der Waals surface area contributed by atoms with E-state index in [4.69, 9.17) is 18.1 Å². The van der Waals surface area contributed by atoms with Gasteiger partial charge in [-0.05, 0) is 37.4 Å². The Hall–Kier alpha value is -0.350. The van der Waals surface area contributed by atoms with E-state index < -0.39 is 0 Å². The Kier molecular flexibility index (Phi) is 5.19. The minimum Gasteiger partial charge on any atom is -0.359 e. The topological polar surface area (TPSA) is 50.1 Å². The molecule has 0 amide bonds. The number of hydrogen-bond acceptors (Lipinski definition) is 2. The van der Waals surface area contributed by atoms with Gasteiger partial charge in [-0.1, -0.05) is 26.2 Å². The monoisotopic (exact) mass is 215 g/mol. The van der Waals surface area contributed by atoms with Crippen LogP contribution in [0.4, 0.5) is 0 Å². The fraction of sp³-hybridized carbons (Fsp3) is 0.900. The number of nitrogens with two attached hydrogens (primary N) is 1. The Morgan fingerprint density at radius 3 is 2.57 bits per heavy atom. The summed E-state index contributed by atoms with van der Waals surface area (Å²) >= 11 is 5.02. The molecule has 14 heavy (non-hydrogen) atoms. The number of hydrogen-bond donors (Lipinski definition) is 3. The van der Waals surface area contributed by atoms with Gasteiger partial charge < -0.3 is 10.7 Å². The summed E-state index contributed by atoms with van der Waals surface area (Å²) in [4.78, 5) is 0. The second-order valence-corrected chi connectivity index (χ2v) is 4.44. The minimum absolute atomic E-state index is 0.499. The van der Waals surface area contributed by atoms with Crippen molar-refractivity contribution in [1.29, 1.82) is 0 Å². The molecule has 0 bridgehead atoms. The molecule has 0 aromatic carbocycles. The van der Waals surface area contributed by atoms with E-state index in [2.05, 4.69) is 17.7 Å². The zero-order valence-corrected chi connectivity index (χ0v) is 9.70. The number of nitrogens with one attached hydrogen (secondary N) is 2. The summed E-state index contributed by atoms with van der Waals surface area (Å²) in [5, 5.41) is 3.85. The van der Waals surface area contributed by atoms with Crippen molar-refractivity contribution in [3.8, 4) is 0 Å². The van der Waals surface area contributed by atoms with Gasteiger partial charge in [0.15, 0.2) is 5.11 Å². The van der Waals surface area contributed by atoms with Crippen molar-refractivity contribution in [2.24, 2.45) is 11.8 Å². The van der Waals surface area contributed by atoms with Crippen LogP contribution in [-0.2, 0) is 0 Å². The summed E-state index contributed by atoms with van der Waals surface area (Å²) in [6, 6.07) is 0.499. The molecule has 1 aliphatic carbocycles. The molecule has 1 rings (SSSR count). The molecule has 1 atom stereocenters. The van der Waals surface area contributed by atoms with E-state index in [1.165, 1.54) is 32.1 Å². The molecule has 0 aromatic rings. The molecule has 1 aliphatic rings. The Labute approximate surface area is 91.8 Å². The van der Waals surface area contributed by atoms with Crippen LogP contribution in [-0.4, -0.2) is 11.2 Å². The van der Waals surface area contributed by atoms with E-state index >= 15 is 0 Å². The van der Waals surface area contributed by atoms with Crippen molar-refractivity contribution in [3.63, 3.8) is 0 Å². The molecule has 0 heterocycles. The van der Waals surface area contributed by atoms with Crippen LogP contribution >= 0.6 is 12.2 Å². The lowest BCUT2D eigenvalue weighted by molar-refractivity contribution is 0.283. The molecule has 0 radical (unpaired) electrons. The van der Waals surface area contributed by atoms with Crippen molar-refractivity contribution in [2.75, 3.05) is 0 Å². The maximum absolute atomic E-state index is 5.25. The van der Waals surface area contributed by atoms with Gasteiger partial charge in [-0.15, -0.1) is 0 Å². The Morgan fingerprint density at radius 2 is 2.07 bits per heavy atom. The van der Waals surface area contributed by atoms with Gasteiger partial charge in [0.1, 0.15) is 0 Å². The Balaban J connectivity index is 2.39. The molecule has 0 aromatic heterocycles. The van der Waals surface area contributed by atoms with Crippen LogP contribution in [0.5, 0.6) is 0 Å². The highest BCUT2D eigenvalue weighted by Crippen LogP contribution is 2.27. The van der Waals surface area contributed by atoms with E-state index in [0.717, 1.165) is 12.3 Å².